The van der Waals surface area contributed by atoms with Crippen LogP contribution in [-0.2, 0) is 17.6 Å². The average Bonchev–Trinajstić information content (AvgIpc) is 2.74. The summed E-state index contributed by atoms with van der Waals surface area (Å²) < 4.78 is 38.5. The molecular formula is C22H17F3N2O3. The van der Waals surface area contributed by atoms with Crippen LogP contribution < -0.4 is 10.8 Å². The summed E-state index contributed by atoms with van der Waals surface area (Å²) in [5.41, 5.74) is 2.59. The molecule has 0 aliphatic carbocycles. The van der Waals surface area contributed by atoms with Gasteiger partial charge in [-0.05, 0) is 42.0 Å². The molecule has 0 radical (unpaired) electrons. The maximum Gasteiger partial charge on any atom is 0.416 e. The molecule has 30 heavy (non-hydrogen) atoms. The fourth-order valence-electron chi connectivity index (χ4n) is 2.60. The van der Waals surface area contributed by atoms with E-state index in [2.05, 4.69) is 10.8 Å². The van der Waals surface area contributed by atoms with E-state index < -0.39 is 23.6 Å². The number of rotatable bonds is 6. The molecule has 0 saturated carbocycles. The summed E-state index contributed by atoms with van der Waals surface area (Å²) in [5, 5.41) is 2.49. The molecule has 2 amide bonds. The highest BCUT2D eigenvalue weighted by atomic mass is 19.4. The van der Waals surface area contributed by atoms with Crippen LogP contribution in [0.4, 0.5) is 18.9 Å². The molecular weight excluding hydrogens is 397 g/mol. The summed E-state index contributed by atoms with van der Waals surface area (Å²) in [4.78, 5) is 29.7. The smallest absolute Gasteiger partial charge is 0.322 e. The van der Waals surface area contributed by atoms with E-state index in [4.69, 9.17) is 4.84 Å². The van der Waals surface area contributed by atoms with Crippen LogP contribution in [0.25, 0.3) is 0 Å². The van der Waals surface area contributed by atoms with E-state index in [1.165, 1.54) is 30.3 Å². The number of carbonyl (C=O) groups is 2. The Balaban J connectivity index is 1.62. The van der Waals surface area contributed by atoms with Crippen molar-refractivity contribution in [3.63, 3.8) is 0 Å². The zero-order valence-corrected chi connectivity index (χ0v) is 15.6. The number of amides is 2. The Morgan fingerprint density at radius 2 is 1.47 bits per heavy atom. The SMILES string of the molecule is O=C(NOCc1ccccc1)c1cccc(NC(=O)c2cccc(C(F)(F)F)c2)c1. The van der Waals surface area contributed by atoms with Crippen molar-refractivity contribution >= 4 is 17.5 Å². The van der Waals surface area contributed by atoms with Crippen LogP contribution in [0.1, 0.15) is 31.8 Å². The molecule has 2 N–H and O–H groups in total. The predicted molar refractivity (Wildman–Crippen MR) is 105 cm³/mol. The van der Waals surface area contributed by atoms with Crippen molar-refractivity contribution in [3.05, 3.63) is 101 Å². The Morgan fingerprint density at radius 3 is 2.17 bits per heavy atom. The van der Waals surface area contributed by atoms with Gasteiger partial charge in [0.15, 0.2) is 0 Å². The first-order valence-corrected chi connectivity index (χ1v) is 8.87. The van der Waals surface area contributed by atoms with Gasteiger partial charge in [0, 0.05) is 16.8 Å². The van der Waals surface area contributed by atoms with Gasteiger partial charge in [-0.25, -0.2) is 5.48 Å². The number of anilines is 1. The lowest BCUT2D eigenvalue weighted by Gasteiger charge is -2.10. The molecule has 0 bridgehead atoms. The summed E-state index contributed by atoms with van der Waals surface area (Å²) in [6, 6.07) is 19.3. The highest BCUT2D eigenvalue weighted by Crippen LogP contribution is 2.29. The van der Waals surface area contributed by atoms with Crippen LogP contribution >= 0.6 is 0 Å². The number of hydrogen-bond acceptors (Lipinski definition) is 3. The van der Waals surface area contributed by atoms with Gasteiger partial charge in [-0.3, -0.25) is 14.4 Å². The third-order valence-corrected chi connectivity index (χ3v) is 4.08. The number of halogens is 3. The second kappa shape index (κ2) is 9.23. The minimum atomic E-state index is -4.55. The molecule has 3 aromatic rings. The molecule has 0 heterocycles. The molecule has 0 unspecified atom stereocenters. The van der Waals surface area contributed by atoms with Crippen molar-refractivity contribution in [2.24, 2.45) is 0 Å². The number of nitrogens with one attached hydrogen (secondary N) is 2. The summed E-state index contributed by atoms with van der Waals surface area (Å²) >= 11 is 0. The van der Waals surface area contributed by atoms with E-state index in [0.29, 0.717) is 0 Å². The number of hydroxylamine groups is 1. The monoisotopic (exact) mass is 414 g/mol. The number of benzene rings is 3. The van der Waals surface area contributed by atoms with Gasteiger partial charge in [0.1, 0.15) is 0 Å². The third-order valence-electron chi connectivity index (χ3n) is 4.08. The highest BCUT2D eigenvalue weighted by molar-refractivity contribution is 6.05. The molecule has 5 nitrogen and oxygen atoms in total. The predicted octanol–water partition coefficient (Wildman–Crippen LogP) is 4.82. The van der Waals surface area contributed by atoms with Crippen molar-refractivity contribution in [2.45, 2.75) is 12.8 Å². The fourth-order valence-corrected chi connectivity index (χ4v) is 2.60. The quantitative estimate of drug-likeness (QED) is 0.569. The van der Waals surface area contributed by atoms with Crippen LogP contribution in [0, 0.1) is 0 Å². The fraction of sp³-hybridized carbons (Fsp3) is 0.0909. The zero-order chi connectivity index (χ0) is 21.6. The van der Waals surface area contributed by atoms with Gasteiger partial charge in [0.25, 0.3) is 11.8 Å². The van der Waals surface area contributed by atoms with Crippen molar-refractivity contribution in [1.29, 1.82) is 0 Å². The van der Waals surface area contributed by atoms with Crippen molar-refractivity contribution in [1.82, 2.24) is 5.48 Å². The Hall–Kier alpha value is -3.65. The average molecular weight is 414 g/mol. The van der Waals surface area contributed by atoms with Crippen molar-refractivity contribution in [3.8, 4) is 0 Å². The molecule has 0 spiro atoms. The highest BCUT2D eigenvalue weighted by Gasteiger charge is 2.30. The molecule has 8 heteroatoms. The Bertz CT molecular complexity index is 1040. The minimum absolute atomic E-state index is 0.147. The summed E-state index contributed by atoms with van der Waals surface area (Å²) in [7, 11) is 0. The first kappa shape index (κ1) is 21.1. The summed E-state index contributed by atoms with van der Waals surface area (Å²) in [6.07, 6.45) is -4.55. The standard InChI is InChI=1S/C22H17F3N2O3/c23-22(24,25)18-10-4-8-16(12-18)20(28)26-19-11-5-9-17(13-19)21(29)27-30-14-15-6-2-1-3-7-15/h1-13H,14H2,(H,26,28)(H,27,29). The van der Waals surface area contributed by atoms with E-state index in [9.17, 15) is 22.8 Å². The molecule has 0 saturated heterocycles. The number of carbonyl (C=O) groups excluding carboxylic acids is 2. The van der Waals surface area contributed by atoms with E-state index >= 15 is 0 Å². The molecule has 154 valence electrons. The van der Waals surface area contributed by atoms with Crippen LogP contribution in [0.15, 0.2) is 78.9 Å². The lowest BCUT2D eigenvalue weighted by Crippen LogP contribution is -2.23. The molecule has 0 aromatic heterocycles. The second-order valence-electron chi connectivity index (χ2n) is 6.32. The van der Waals surface area contributed by atoms with Gasteiger partial charge in [0.2, 0.25) is 0 Å². The van der Waals surface area contributed by atoms with Gasteiger partial charge >= 0.3 is 6.18 Å². The normalized spacial score (nSPS) is 11.0. The molecule has 0 aliphatic heterocycles. The Morgan fingerprint density at radius 1 is 0.800 bits per heavy atom. The van der Waals surface area contributed by atoms with Gasteiger partial charge in [0.05, 0.1) is 12.2 Å². The molecule has 0 fully saturated rings. The van der Waals surface area contributed by atoms with E-state index in [1.54, 1.807) is 0 Å². The minimum Gasteiger partial charge on any atom is -0.322 e. The van der Waals surface area contributed by atoms with E-state index in [-0.39, 0.29) is 23.4 Å². The molecule has 0 atom stereocenters. The largest absolute Gasteiger partial charge is 0.416 e. The zero-order valence-electron chi connectivity index (χ0n) is 15.6. The third kappa shape index (κ3) is 5.68. The first-order chi connectivity index (χ1) is 14.3. The van der Waals surface area contributed by atoms with Crippen LogP contribution in [0.3, 0.4) is 0 Å². The lowest BCUT2D eigenvalue weighted by atomic mass is 10.1. The Labute approximate surface area is 170 Å². The van der Waals surface area contributed by atoms with Gasteiger partial charge in [-0.15, -0.1) is 0 Å². The number of hydrogen-bond donors (Lipinski definition) is 2. The topological polar surface area (TPSA) is 67.4 Å². The van der Waals surface area contributed by atoms with Gasteiger partial charge in [-0.1, -0.05) is 42.5 Å². The molecule has 3 rings (SSSR count). The van der Waals surface area contributed by atoms with Gasteiger partial charge in [-0.2, -0.15) is 13.2 Å². The summed E-state index contributed by atoms with van der Waals surface area (Å²) in [5.74, 6) is -1.25. The summed E-state index contributed by atoms with van der Waals surface area (Å²) in [6.45, 7) is 0.179. The van der Waals surface area contributed by atoms with Crippen molar-refractivity contribution in [2.75, 3.05) is 5.32 Å². The molecule has 3 aromatic carbocycles. The van der Waals surface area contributed by atoms with E-state index in [0.717, 1.165) is 23.8 Å². The second-order valence-corrected chi connectivity index (χ2v) is 6.32. The van der Waals surface area contributed by atoms with Crippen LogP contribution in [0.2, 0.25) is 0 Å². The van der Waals surface area contributed by atoms with Crippen LogP contribution in [-0.4, -0.2) is 11.8 Å². The van der Waals surface area contributed by atoms with Gasteiger partial charge < -0.3 is 5.32 Å². The Kier molecular flexibility index (Phi) is 6.48. The van der Waals surface area contributed by atoms with Crippen molar-refractivity contribution < 1.29 is 27.6 Å². The van der Waals surface area contributed by atoms with Crippen LogP contribution in [0.5, 0.6) is 0 Å². The maximum atomic E-state index is 12.8. The maximum absolute atomic E-state index is 12.8. The lowest BCUT2D eigenvalue weighted by molar-refractivity contribution is -0.137. The van der Waals surface area contributed by atoms with E-state index in [1.807, 2.05) is 30.3 Å². The number of alkyl halides is 3. The first-order valence-electron chi connectivity index (χ1n) is 8.87. The molecule has 0 aliphatic rings.